The van der Waals surface area contributed by atoms with E-state index in [4.69, 9.17) is 18.9 Å². The van der Waals surface area contributed by atoms with Gasteiger partial charge in [0.15, 0.2) is 5.79 Å². The molecule has 1 saturated heterocycles. The molecule has 2 fully saturated rings. The molecule has 6 heteroatoms. The Balaban J connectivity index is 1.97. The van der Waals surface area contributed by atoms with Crippen LogP contribution < -0.4 is 0 Å². The molecule has 2 rings (SSSR count). The second-order valence-electron chi connectivity index (χ2n) is 8.46. The fourth-order valence-electron chi connectivity index (χ4n) is 4.48. The molecule has 0 aromatic heterocycles. The summed E-state index contributed by atoms with van der Waals surface area (Å²) in [5.74, 6) is -0.691. The predicted molar refractivity (Wildman–Crippen MR) is 106 cm³/mol. The van der Waals surface area contributed by atoms with Gasteiger partial charge in [0, 0.05) is 26.2 Å². The van der Waals surface area contributed by atoms with E-state index in [2.05, 4.69) is 13.8 Å². The first-order valence-electron chi connectivity index (χ1n) is 11.0. The average Bonchev–Trinajstić information content (AvgIpc) is 3.09. The van der Waals surface area contributed by atoms with Gasteiger partial charge >= 0.3 is 11.9 Å². The summed E-state index contributed by atoms with van der Waals surface area (Å²) in [7, 11) is 1.41. The zero-order chi connectivity index (χ0) is 20.6. The summed E-state index contributed by atoms with van der Waals surface area (Å²) >= 11 is 0. The second-order valence-corrected chi connectivity index (χ2v) is 8.46. The van der Waals surface area contributed by atoms with E-state index in [-0.39, 0.29) is 36.7 Å². The van der Waals surface area contributed by atoms with Crippen LogP contribution in [0.3, 0.4) is 0 Å². The molecule has 1 aliphatic heterocycles. The van der Waals surface area contributed by atoms with Crippen molar-refractivity contribution in [3.63, 3.8) is 0 Å². The van der Waals surface area contributed by atoms with Crippen molar-refractivity contribution in [2.24, 2.45) is 5.92 Å². The SMILES string of the molecule is CCCC[C@@H](C)[C@@H](CCC1CC(CC(=O)OC)OC2(CCCC2)O1)OC(C)=O. The van der Waals surface area contributed by atoms with Gasteiger partial charge in [0.05, 0.1) is 25.7 Å². The molecule has 0 aromatic carbocycles. The van der Waals surface area contributed by atoms with Crippen molar-refractivity contribution in [1.29, 1.82) is 0 Å². The van der Waals surface area contributed by atoms with Gasteiger partial charge in [-0.05, 0) is 38.0 Å². The van der Waals surface area contributed by atoms with Gasteiger partial charge in [0.1, 0.15) is 6.10 Å². The maximum Gasteiger partial charge on any atom is 0.308 e. The zero-order valence-corrected chi connectivity index (χ0v) is 18.0. The molecule has 28 heavy (non-hydrogen) atoms. The number of esters is 2. The Kier molecular flexibility index (Phi) is 9.22. The van der Waals surface area contributed by atoms with Crippen molar-refractivity contribution < 1.29 is 28.5 Å². The summed E-state index contributed by atoms with van der Waals surface area (Å²) in [5, 5.41) is 0. The fourth-order valence-corrected chi connectivity index (χ4v) is 4.48. The minimum absolute atomic E-state index is 0.0120. The Morgan fingerprint density at radius 2 is 1.82 bits per heavy atom. The van der Waals surface area contributed by atoms with Crippen LogP contribution in [0.1, 0.15) is 91.4 Å². The van der Waals surface area contributed by atoms with Gasteiger partial charge in [-0.25, -0.2) is 0 Å². The normalized spacial score (nSPS) is 26.0. The Labute approximate surface area is 169 Å². The molecule has 0 radical (unpaired) electrons. The van der Waals surface area contributed by atoms with Crippen LogP contribution in [0.25, 0.3) is 0 Å². The summed E-state index contributed by atoms with van der Waals surface area (Å²) in [6.45, 7) is 5.81. The van der Waals surface area contributed by atoms with Crippen LogP contribution in [0.4, 0.5) is 0 Å². The first kappa shape index (κ1) is 23.1. The van der Waals surface area contributed by atoms with E-state index in [1.54, 1.807) is 0 Å². The van der Waals surface area contributed by atoms with E-state index >= 15 is 0 Å². The maximum absolute atomic E-state index is 11.8. The number of ether oxygens (including phenoxy) is 4. The predicted octanol–water partition coefficient (Wildman–Crippen LogP) is 4.53. The van der Waals surface area contributed by atoms with E-state index < -0.39 is 5.79 Å². The number of methoxy groups -OCH3 is 1. The van der Waals surface area contributed by atoms with Crippen molar-refractivity contribution in [2.75, 3.05) is 7.11 Å². The van der Waals surface area contributed by atoms with Crippen LogP contribution >= 0.6 is 0 Å². The van der Waals surface area contributed by atoms with Gasteiger partial charge in [0.25, 0.3) is 0 Å². The Hall–Kier alpha value is -1.14. The van der Waals surface area contributed by atoms with Crippen molar-refractivity contribution in [3.05, 3.63) is 0 Å². The number of carbonyl (C=O) groups is 2. The topological polar surface area (TPSA) is 71.1 Å². The molecular formula is C22H38O6. The number of hydrogen-bond acceptors (Lipinski definition) is 6. The zero-order valence-electron chi connectivity index (χ0n) is 18.0. The lowest BCUT2D eigenvalue weighted by atomic mass is 9.92. The van der Waals surface area contributed by atoms with Gasteiger partial charge < -0.3 is 18.9 Å². The van der Waals surface area contributed by atoms with E-state index in [0.29, 0.717) is 12.3 Å². The summed E-state index contributed by atoms with van der Waals surface area (Å²) in [6, 6.07) is 0. The summed E-state index contributed by atoms with van der Waals surface area (Å²) in [5.41, 5.74) is 0. The third-order valence-corrected chi connectivity index (χ3v) is 6.01. The van der Waals surface area contributed by atoms with E-state index in [1.165, 1.54) is 14.0 Å². The third-order valence-electron chi connectivity index (χ3n) is 6.01. The van der Waals surface area contributed by atoms with E-state index in [9.17, 15) is 9.59 Å². The monoisotopic (exact) mass is 398 g/mol. The minimum Gasteiger partial charge on any atom is -0.469 e. The molecule has 1 heterocycles. The quantitative estimate of drug-likeness (QED) is 0.504. The van der Waals surface area contributed by atoms with Gasteiger partial charge in [-0.15, -0.1) is 0 Å². The van der Waals surface area contributed by atoms with Gasteiger partial charge in [-0.3, -0.25) is 9.59 Å². The minimum atomic E-state index is -0.549. The number of hydrogen-bond donors (Lipinski definition) is 0. The highest BCUT2D eigenvalue weighted by Gasteiger charge is 2.45. The first-order chi connectivity index (χ1) is 13.4. The lowest BCUT2D eigenvalue weighted by Gasteiger charge is -2.43. The lowest BCUT2D eigenvalue weighted by Crippen LogP contribution is -2.47. The molecule has 1 saturated carbocycles. The molecular weight excluding hydrogens is 360 g/mol. The highest BCUT2D eigenvalue weighted by atomic mass is 16.7. The van der Waals surface area contributed by atoms with E-state index in [1.807, 2.05) is 0 Å². The van der Waals surface area contributed by atoms with Crippen LogP contribution in [0, 0.1) is 5.92 Å². The van der Waals surface area contributed by atoms with Crippen molar-refractivity contribution in [3.8, 4) is 0 Å². The highest BCUT2D eigenvalue weighted by molar-refractivity contribution is 5.69. The molecule has 0 amide bonds. The van der Waals surface area contributed by atoms with Crippen LogP contribution in [0.5, 0.6) is 0 Å². The van der Waals surface area contributed by atoms with Gasteiger partial charge in [-0.1, -0.05) is 26.7 Å². The van der Waals surface area contributed by atoms with Gasteiger partial charge in [0.2, 0.25) is 0 Å². The molecule has 162 valence electrons. The van der Waals surface area contributed by atoms with Crippen LogP contribution in [0.15, 0.2) is 0 Å². The molecule has 4 atom stereocenters. The average molecular weight is 399 g/mol. The summed E-state index contributed by atoms with van der Waals surface area (Å²) in [6.07, 6.45) is 9.51. The Morgan fingerprint density at radius 3 is 2.43 bits per heavy atom. The lowest BCUT2D eigenvalue weighted by molar-refractivity contribution is -0.315. The van der Waals surface area contributed by atoms with Crippen molar-refractivity contribution in [1.82, 2.24) is 0 Å². The largest absolute Gasteiger partial charge is 0.469 e. The smallest absolute Gasteiger partial charge is 0.308 e. The molecule has 1 aliphatic carbocycles. The molecule has 0 N–H and O–H groups in total. The van der Waals surface area contributed by atoms with Crippen molar-refractivity contribution >= 4 is 11.9 Å². The number of unbranched alkanes of at least 4 members (excludes halogenated alkanes) is 1. The first-order valence-corrected chi connectivity index (χ1v) is 11.0. The second kappa shape index (κ2) is 11.1. The van der Waals surface area contributed by atoms with E-state index in [0.717, 1.165) is 57.8 Å². The van der Waals surface area contributed by atoms with Crippen LogP contribution in [0.2, 0.25) is 0 Å². The number of carbonyl (C=O) groups excluding carboxylic acids is 2. The molecule has 0 bridgehead atoms. The highest BCUT2D eigenvalue weighted by Crippen LogP contribution is 2.42. The molecule has 2 unspecified atom stereocenters. The number of rotatable bonds is 10. The molecule has 6 nitrogen and oxygen atoms in total. The third kappa shape index (κ3) is 7.03. The summed E-state index contributed by atoms with van der Waals surface area (Å²) < 4.78 is 23.0. The standard InChI is InChI=1S/C22H38O6/c1-5-6-9-16(2)20(26-17(3)23)11-10-18-14-19(15-21(24)25-4)28-22(27-18)12-7-8-13-22/h16,18-20H,5-15H2,1-4H3/t16-,18?,19?,20-/m1/s1. The molecule has 1 spiro atoms. The van der Waals surface area contributed by atoms with Gasteiger partial charge in [-0.2, -0.15) is 0 Å². The summed E-state index contributed by atoms with van der Waals surface area (Å²) in [4.78, 5) is 23.3. The van der Waals surface area contributed by atoms with Crippen LogP contribution in [-0.4, -0.2) is 43.1 Å². The Morgan fingerprint density at radius 1 is 1.14 bits per heavy atom. The maximum atomic E-state index is 11.8. The Bertz CT molecular complexity index is 499. The molecule has 0 aromatic rings. The van der Waals surface area contributed by atoms with Crippen LogP contribution in [-0.2, 0) is 28.5 Å². The van der Waals surface area contributed by atoms with Crippen molar-refractivity contribution in [2.45, 2.75) is 115 Å². The fraction of sp³-hybridized carbons (Fsp3) is 0.909. The molecule has 2 aliphatic rings.